The first-order valence-electron chi connectivity index (χ1n) is 11.5. The molecule has 4 rings (SSSR count). The van der Waals surface area contributed by atoms with Crippen molar-refractivity contribution in [3.05, 3.63) is 52.0 Å². The fraction of sp³-hybridized carbons (Fsp3) is 0.360. The molecule has 0 bridgehead atoms. The summed E-state index contributed by atoms with van der Waals surface area (Å²) in [6.45, 7) is 2.06. The first-order chi connectivity index (χ1) is 17.0. The van der Waals surface area contributed by atoms with Crippen molar-refractivity contribution in [2.45, 2.75) is 50.2 Å². The minimum atomic E-state index is -0.244. The zero-order valence-corrected chi connectivity index (χ0v) is 22.1. The Kier molecular flexibility index (Phi) is 8.46. The maximum Gasteiger partial charge on any atom is 0.250 e. The third-order valence-electron chi connectivity index (χ3n) is 5.92. The SMILES string of the molecule is COc1cc(/C=N\NC(=O)CSc2nnc(-c3ccc(C)cc3)n2C2CCCCC2)cc(Br)c1O. The van der Waals surface area contributed by atoms with E-state index >= 15 is 0 Å². The maximum atomic E-state index is 12.5. The molecule has 0 atom stereocenters. The second kappa shape index (κ2) is 11.7. The molecule has 0 aliphatic heterocycles. The van der Waals surface area contributed by atoms with E-state index in [2.05, 4.69) is 72.4 Å². The highest BCUT2D eigenvalue weighted by atomic mass is 79.9. The van der Waals surface area contributed by atoms with Gasteiger partial charge in [0.1, 0.15) is 0 Å². The first-order valence-corrected chi connectivity index (χ1v) is 13.3. The van der Waals surface area contributed by atoms with E-state index in [1.54, 1.807) is 12.1 Å². The molecule has 184 valence electrons. The van der Waals surface area contributed by atoms with Crippen LogP contribution >= 0.6 is 27.7 Å². The van der Waals surface area contributed by atoms with Crippen LogP contribution in [0.3, 0.4) is 0 Å². The number of aromatic hydroxyl groups is 1. The number of thioether (sulfide) groups is 1. The summed E-state index contributed by atoms with van der Waals surface area (Å²) in [5.74, 6) is 1.10. The average Bonchev–Trinajstić information content (AvgIpc) is 3.29. The van der Waals surface area contributed by atoms with Crippen LogP contribution in [0.5, 0.6) is 11.5 Å². The number of hydrogen-bond acceptors (Lipinski definition) is 7. The predicted molar refractivity (Wildman–Crippen MR) is 141 cm³/mol. The van der Waals surface area contributed by atoms with Gasteiger partial charge in [-0.1, -0.05) is 60.9 Å². The quantitative estimate of drug-likeness (QED) is 0.216. The number of aryl methyl sites for hydroxylation is 1. The normalized spacial score (nSPS) is 14.4. The molecule has 0 unspecified atom stereocenters. The molecule has 1 saturated carbocycles. The van der Waals surface area contributed by atoms with Crippen molar-refractivity contribution in [1.29, 1.82) is 0 Å². The summed E-state index contributed by atoms with van der Waals surface area (Å²) in [5.41, 5.74) is 5.45. The van der Waals surface area contributed by atoms with E-state index in [4.69, 9.17) is 4.74 Å². The number of methoxy groups -OCH3 is 1. The topological polar surface area (TPSA) is 102 Å². The molecular formula is C25H28BrN5O3S. The van der Waals surface area contributed by atoms with Crippen molar-refractivity contribution < 1.29 is 14.6 Å². The molecular weight excluding hydrogens is 530 g/mol. The standard InChI is InChI=1S/C25H28BrN5O3S/c1-16-8-10-18(11-9-16)24-29-30-25(31(24)19-6-4-3-5-7-19)35-15-22(32)28-27-14-17-12-20(26)23(33)21(13-17)34-2/h8-14,19,33H,3-7,15H2,1-2H3,(H,28,32)/b27-14-. The van der Waals surface area contributed by atoms with Gasteiger partial charge < -0.3 is 9.84 Å². The second-order valence-corrected chi connectivity index (χ2v) is 10.3. The van der Waals surface area contributed by atoms with E-state index in [1.807, 2.05) is 0 Å². The van der Waals surface area contributed by atoms with E-state index in [-0.39, 0.29) is 17.4 Å². The van der Waals surface area contributed by atoms with Crippen LogP contribution in [0.25, 0.3) is 11.4 Å². The van der Waals surface area contributed by atoms with Crippen molar-refractivity contribution in [2.24, 2.45) is 5.10 Å². The number of nitrogens with zero attached hydrogens (tertiary/aromatic N) is 4. The van der Waals surface area contributed by atoms with Gasteiger partial charge in [-0.05, 0) is 53.4 Å². The summed E-state index contributed by atoms with van der Waals surface area (Å²) in [7, 11) is 1.47. The summed E-state index contributed by atoms with van der Waals surface area (Å²) >= 11 is 4.64. The summed E-state index contributed by atoms with van der Waals surface area (Å²) in [5, 5.41) is 23.6. The number of halogens is 1. The van der Waals surface area contributed by atoms with Gasteiger partial charge in [-0.25, -0.2) is 5.43 Å². The van der Waals surface area contributed by atoms with Gasteiger partial charge in [0.05, 0.1) is 23.5 Å². The molecule has 2 N–H and O–H groups in total. The van der Waals surface area contributed by atoms with Crippen LogP contribution < -0.4 is 10.2 Å². The molecule has 1 amide bonds. The summed E-state index contributed by atoms with van der Waals surface area (Å²) in [4.78, 5) is 12.5. The van der Waals surface area contributed by atoms with Crippen LogP contribution in [0.4, 0.5) is 0 Å². The third-order valence-corrected chi connectivity index (χ3v) is 7.47. The second-order valence-electron chi connectivity index (χ2n) is 8.47. The number of rotatable bonds is 8. The Morgan fingerprint density at radius 3 is 2.71 bits per heavy atom. The summed E-state index contributed by atoms with van der Waals surface area (Å²) < 4.78 is 7.83. The summed E-state index contributed by atoms with van der Waals surface area (Å²) in [6, 6.07) is 12.0. The number of aromatic nitrogens is 3. The Hall–Kier alpha value is -2.85. The number of hydrogen-bond donors (Lipinski definition) is 2. The van der Waals surface area contributed by atoms with Crippen LogP contribution in [0.2, 0.25) is 0 Å². The Morgan fingerprint density at radius 2 is 2.00 bits per heavy atom. The number of ether oxygens (including phenoxy) is 1. The number of carbonyl (C=O) groups is 1. The highest BCUT2D eigenvalue weighted by Crippen LogP contribution is 2.36. The Labute approximate surface area is 217 Å². The van der Waals surface area contributed by atoms with Crippen molar-refractivity contribution in [2.75, 3.05) is 12.9 Å². The third kappa shape index (κ3) is 6.24. The molecule has 1 aliphatic rings. The van der Waals surface area contributed by atoms with Gasteiger partial charge in [0.15, 0.2) is 22.5 Å². The molecule has 1 heterocycles. The van der Waals surface area contributed by atoms with Crippen molar-refractivity contribution in [3.8, 4) is 22.9 Å². The fourth-order valence-electron chi connectivity index (χ4n) is 4.11. The van der Waals surface area contributed by atoms with Crippen LogP contribution in [-0.2, 0) is 4.79 Å². The lowest BCUT2D eigenvalue weighted by Gasteiger charge is -2.25. The lowest BCUT2D eigenvalue weighted by molar-refractivity contribution is -0.118. The molecule has 1 aromatic heterocycles. The van der Waals surface area contributed by atoms with Crippen LogP contribution in [0, 0.1) is 6.92 Å². The highest BCUT2D eigenvalue weighted by molar-refractivity contribution is 9.10. The van der Waals surface area contributed by atoms with E-state index in [0.29, 0.717) is 21.8 Å². The lowest BCUT2D eigenvalue weighted by Crippen LogP contribution is -2.20. The van der Waals surface area contributed by atoms with Gasteiger partial charge in [0, 0.05) is 11.6 Å². The molecule has 1 fully saturated rings. The van der Waals surface area contributed by atoms with Gasteiger partial charge >= 0.3 is 0 Å². The largest absolute Gasteiger partial charge is 0.503 e. The molecule has 0 saturated heterocycles. The number of hydrazone groups is 1. The van der Waals surface area contributed by atoms with Gasteiger partial charge in [-0.3, -0.25) is 9.36 Å². The lowest BCUT2D eigenvalue weighted by atomic mass is 9.95. The van der Waals surface area contributed by atoms with Gasteiger partial charge in [-0.15, -0.1) is 10.2 Å². The monoisotopic (exact) mass is 557 g/mol. The number of benzene rings is 2. The minimum Gasteiger partial charge on any atom is -0.503 e. The fourth-order valence-corrected chi connectivity index (χ4v) is 5.37. The number of phenolic OH excluding ortho intramolecular Hbond substituents is 1. The minimum absolute atomic E-state index is 0.0113. The molecule has 0 spiro atoms. The smallest absolute Gasteiger partial charge is 0.250 e. The zero-order chi connectivity index (χ0) is 24.8. The van der Waals surface area contributed by atoms with Crippen LogP contribution in [0.15, 0.2) is 51.1 Å². The van der Waals surface area contributed by atoms with Gasteiger partial charge in [0.25, 0.3) is 5.91 Å². The summed E-state index contributed by atoms with van der Waals surface area (Å²) in [6.07, 6.45) is 7.31. The Bertz CT molecular complexity index is 1210. The highest BCUT2D eigenvalue weighted by Gasteiger charge is 2.24. The van der Waals surface area contributed by atoms with Crippen LogP contribution in [0.1, 0.15) is 49.3 Å². The molecule has 2 aromatic carbocycles. The predicted octanol–water partition coefficient (Wildman–Crippen LogP) is 5.48. The van der Waals surface area contributed by atoms with Gasteiger partial charge in [-0.2, -0.15) is 5.10 Å². The first kappa shape index (κ1) is 25.2. The molecule has 3 aromatic rings. The van der Waals surface area contributed by atoms with Crippen LogP contribution in [-0.4, -0.2) is 44.9 Å². The zero-order valence-electron chi connectivity index (χ0n) is 19.7. The molecule has 0 radical (unpaired) electrons. The maximum absolute atomic E-state index is 12.5. The van der Waals surface area contributed by atoms with Gasteiger partial charge in [0.2, 0.25) is 0 Å². The van der Waals surface area contributed by atoms with E-state index in [9.17, 15) is 9.90 Å². The Balaban J connectivity index is 1.44. The number of phenols is 1. The number of amides is 1. The van der Waals surface area contributed by atoms with Crippen molar-refractivity contribution >= 4 is 39.8 Å². The molecule has 10 heteroatoms. The van der Waals surface area contributed by atoms with E-state index in [0.717, 1.165) is 29.4 Å². The molecule has 8 nitrogen and oxygen atoms in total. The number of nitrogens with one attached hydrogen (secondary N) is 1. The average molecular weight is 559 g/mol. The van der Waals surface area contributed by atoms with E-state index < -0.39 is 0 Å². The van der Waals surface area contributed by atoms with E-state index in [1.165, 1.54) is 49.9 Å². The molecule has 1 aliphatic carbocycles. The van der Waals surface area contributed by atoms with Crippen molar-refractivity contribution in [1.82, 2.24) is 20.2 Å². The Morgan fingerprint density at radius 1 is 1.26 bits per heavy atom. The number of carbonyl (C=O) groups excluding carboxylic acids is 1. The van der Waals surface area contributed by atoms with Crippen molar-refractivity contribution in [3.63, 3.8) is 0 Å². The molecule has 35 heavy (non-hydrogen) atoms.